The molecule has 24 heavy (non-hydrogen) atoms. The predicted molar refractivity (Wildman–Crippen MR) is 86.3 cm³/mol. The van der Waals surface area contributed by atoms with Crippen molar-refractivity contribution in [2.45, 2.75) is 50.5 Å². The maximum atomic E-state index is 12.3. The van der Waals surface area contributed by atoms with Crippen molar-refractivity contribution in [1.82, 2.24) is 20.4 Å². The number of hydrogen-bond donors (Lipinski definition) is 1. The van der Waals surface area contributed by atoms with Gasteiger partial charge in [0.05, 0.1) is 11.8 Å². The summed E-state index contributed by atoms with van der Waals surface area (Å²) in [6.45, 7) is 1.46. The molecule has 0 aromatic carbocycles. The maximum absolute atomic E-state index is 12.3. The molecule has 0 bridgehead atoms. The second-order valence-electron chi connectivity index (χ2n) is 6.65. The van der Waals surface area contributed by atoms with Gasteiger partial charge >= 0.3 is 6.03 Å². The molecular weight excluding hydrogens is 308 g/mol. The number of urea groups is 1. The van der Waals surface area contributed by atoms with Gasteiger partial charge in [0, 0.05) is 25.0 Å². The Balaban J connectivity index is 1.32. The third kappa shape index (κ3) is 3.16. The van der Waals surface area contributed by atoms with Crippen LogP contribution in [0.5, 0.6) is 0 Å². The van der Waals surface area contributed by atoms with Crippen LogP contribution in [0.1, 0.15) is 50.3 Å². The number of carbonyl (C=O) groups excluding carboxylic acids is 1. The van der Waals surface area contributed by atoms with Crippen LogP contribution < -0.4 is 5.32 Å². The van der Waals surface area contributed by atoms with Crippen molar-refractivity contribution in [3.8, 4) is 11.5 Å². The summed E-state index contributed by atoms with van der Waals surface area (Å²) in [5, 5.41) is 11.4. The zero-order valence-corrected chi connectivity index (χ0v) is 13.6. The third-order valence-electron chi connectivity index (χ3n) is 5.02. The van der Waals surface area contributed by atoms with Crippen LogP contribution in [-0.4, -0.2) is 40.3 Å². The van der Waals surface area contributed by atoms with Gasteiger partial charge in [0.25, 0.3) is 5.89 Å². The summed E-state index contributed by atoms with van der Waals surface area (Å²) < 4.78 is 10.8. The minimum Gasteiger partial charge on any atom is -0.472 e. The Morgan fingerprint density at radius 3 is 2.67 bits per heavy atom. The van der Waals surface area contributed by atoms with E-state index in [9.17, 15) is 4.79 Å². The van der Waals surface area contributed by atoms with Gasteiger partial charge in [0.1, 0.15) is 6.26 Å². The van der Waals surface area contributed by atoms with Crippen molar-refractivity contribution in [2.75, 3.05) is 13.1 Å². The molecule has 7 nitrogen and oxygen atoms in total. The molecule has 2 aliphatic rings. The van der Waals surface area contributed by atoms with Crippen LogP contribution in [-0.2, 0) is 0 Å². The number of hydrogen-bond acceptors (Lipinski definition) is 5. The van der Waals surface area contributed by atoms with Gasteiger partial charge in [0.2, 0.25) is 5.89 Å². The molecule has 2 aromatic heterocycles. The zero-order chi connectivity index (χ0) is 16.4. The maximum Gasteiger partial charge on any atom is 0.317 e. The Bertz CT molecular complexity index is 668. The third-order valence-corrected chi connectivity index (χ3v) is 5.02. The molecule has 0 radical (unpaired) electrons. The van der Waals surface area contributed by atoms with Crippen molar-refractivity contribution in [3.05, 3.63) is 24.5 Å². The molecular formula is C17H22N4O3. The SMILES string of the molecule is O=C(NC1CCCC1)N1CCC(c2nnc(-c3ccoc3)o2)CC1. The largest absolute Gasteiger partial charge is 0.472 e. The van der Waals surface area contributed by atoms with E-state index in [1.54, 1.807) is 18.6 Å². The number of carbonyl (C=O) groups is 1. The minimum absolute atomic E-state index is 0.0740. The lowest BCUT2D eigenvalue weighted by Gasteiger charge is -2.31. The summed E-state index contributed by atoms with van der Waals surface area (Å²) in [6.07, 6.45) is 9.55. The van der Waals surface area contributed by atoms with E-state index in [1.807, 2.05) is 4.90 Å². The van der Waals surface area contributed by atoms with E-state index in [2.05, 4.69) is 15.5 Å². The smallest absolute Gasteiger partial charge is 0.317 e. The molecule has 2 aromatic rings. The normalized spacial score (nSPS) is 19.8. The lowest BCUT2D eigenvalue weighted by Crippen LogP contribution is -2.47. The van der Waals surface area contributed by atoms with E-state index < -0.39 is 0 Å². The van der Waals surface area contributed by atoms with E-state index in [1.165, 1.54) is 12.8 Å². The Kier molecular flexibility index (Phi) is 4.23. The van der Waals surface area contributed by atoms with Crippen LogP contribution in [0.4, 0.5) is 4.79 Å². The Morgan fingerprint density at radius 2 is 1.96 bits per heavy atom. The summed E-state index contributed by atoms with van der Waals surface area (Å²) in [5.41, 5.74) is 0.794. The highest BCUT2D eigenvalue weighted by Gasteiger charge is 2.28. The fraction of sp³-hybridized carbons (Fsp3) is 0.588. The number of likely N-dealkylation sites (tertiary alicyclic amines) is 1. The molecule has 1 aliphatic heterocycles. The minimum atomic E-state index is 0.0740. The van der Waals surface area contributed by atoms with Crippen molar-refractivity contribution >= 4 is 6.03 Å². The highest BCUT2D eigenvalue weighted by Crippen LogP contribution is 2.29. The standard InChI is InChI=1S/C17H22N4O3/c22-17(18-14-3-1-2-4-14)21-8-5-12(6-9-21)15-19-20-16(24-15)13-7-10-23-11-13/h7,10-12,14H,1-6,8-9H2,(H,18,22). The van der Waals surface area contributed by atoms with Crippen LogP contribution >= 0.6 is 0 Å². The Hall–Kier alpha value is -2.31. The monoisotopic (exact) mass is 330 g/mol. The average molecular weight is 330 g/mol. The van der Waals surface area contributed by atoms with E-state index in [-0.39, 0.29) is 11.9 Å². The first-order valence-corrected chi connectivity index (χ1v) is 8.71. The average Bonchev–Trinajstić information content (AvgIpc) is 3.36. The second kappa shape index (κ2) is 6.67. The molecule has 0 unspecified atom stereocenters. The van der Waals surface area contributed by atoms with Crippen LogP contribution in [0.2, 0.25) is 0 Å². The molecule has 128 valence electrons. The van der Waals surface area contributed by atoms with Crippen molar-refractivity contribution in [1.29, 1.82) is 0 Å². The molecule has 1 N–H and O–H groups in total. The topological polar surface area (TPSA) is 84.4 Å². The van der Waals surface area contributed by atoms with Crippen molar-refractivity contribution in [2.24, 2.45) is 0 Å². The quantitative estimate of drug-likeness (QED) is 0.934. The molecule has 2 fully saturated rings. The first-order valence-electron chi connectivity index (χ1n) is 8.71. The van der Waals surface area contributed by atoms with Gasteiger partial charge in [-0.05, 0) is 31.7 Å². The number of nitrogens with zero attached hydrogens (tertiary/aromatic N) is 3. The molecule has 3 heterocycles. The van der Waals surface area contributed by atoms with Gasteiger partial charge in [-0.25, -0.2) is 4.79 Å². The predicted octanol–water partition coefficient (Wildman–Crippen LogP) is 3.16. The first-order chi connectivity index (χ1) is 11.8. The molecule has 0 atom stereocenters. The molecule has 1 saturated carbocycles. The summed E-state index contributed by atoms with van der Waals surface area (Å²) in [5.74, 6) is 1.36. The molecule has 2 amide bonds. The lowest BCUT2D eigenvalue weighted by molar-refractivity contribution is 0.174. The van der Waals surface area contributed by atoms with Gasteiger partial charge in [-0.3, -0.25) is 0 Å². The number of amides is 2. The second-order valence-corrected chi connectivity index (χ2v) is 6.65. The van der Waals surface area contributed by atoms with Gasteiger partial charge in [-0.1, -0.05) is 12.8 Å². The van der Waals surface area contributed by atoms with E-state index in [0.29, 0.717) is 17.8 Å². The number of furan rings is 1. The summed E-state index contributed by atoms with van der Waals surface area (Å²) >= 11 is 0. The Morgan fingerprint density at radius 1 is 1.17 bits per heavy atom. The Labute approximate surface area is 140 Å². The highest BCUT2D eigenvalue weighted by atomic mass is 16.4. The van der Waals surface area contributed by atoms with E-state index in [0.717, 1.165) is 44.3 Å². The van der Waals surface area contributed by atoms with Crippen LogP contribution in [0.3, 0.4) is 0 Å². The lowest BCUT2D eigenvalue weighted by atomic mass is 9.97. The van der Waals surface area contributed by atoms with Gasteiger partial charge in [-0.15, -0.1) is 10.2 Å². The van der Waals surface area contributed by atoms with Crippen LogP contribution in [0.25, 0.3) is 11.5 Å². The number of nitrogens with one attached hydrogen (secondary N) is 1. The molecule has 1 aliphatic carbocycles. The van der Waals surface area contributed by atoms with Crippen LogP contribution in [0, 0.1) is 0 Å². The van der Waals surface area contributed by atoms with Gasteiger partial charge in [0.15, 0.2) is 0 Å². The number of aromatic nitrogens is 2. The highest BCUT2D eigenvalue weighted by molar-refractivity contribution is 5.74. The molecule has 7 heteroatoms. The summed E-state index contributed by atoms with van der Waals surface area (Å²) in [7, 11) is 0. The van der Waals surface area contributed by atoms with E-state index >= 15 is 0 Å². The van der Waals surface area contributed by atoms with Gasteiger partial charge < -0.3 is 19.1 Å². The first kappa shape index (κ1) is 15.2. The molecule has 1 saturated heterocycles. The van der Waals surface area contributed by atoms with Crippen molar-refractivity contribution < 1.29 is 13.6 Å². The zero-order valence-electron chi connectivity index (χ0n) is 13.6. The fourth-order valence-electron chi connectivity index (χ4n) is 3.57. The van der Waals surface area contributed by atoms with Crippen LogP contribution in [0.15, 0.2) is 27.4 Å². The number of piperidine rings is 1. The summed E-state index contributed by atoms with van der Waals surface area (Å²) in [6, 6.07) is 2.24. The molecule has 0 spiro atoms. The van der Waals surface area contributed by atoms with E-state index in [4.69, 9.17) is 8.83 Å². The summed E-state index contributed by atoms with van der Waals surface area (Å²) in [4.78, 5) is 14.2. The van der Waals surface area contributed by atoms with Crippen molar-refractivity contribution in [3.63, 3.8) is 0 Å². The molecule has 4 rings (SSSR count). The number of rotatable bonds is 3. The van der Waals surface area contributed by atoms with Gasteiger partial charge in [-0.2, -0.15) is 0 Å². The fourth-order valence-corrected chi connectivity index (χ4v) is 3.57.